The number of nitrogens with zero attached hydrogens (tertiary/aromatic N) is 3. The van der Waals surface area contributed by atoms with Crippen molar-refractivity contribution in [2.75, 3.05) is 32.1 Å². The second-order valence-electron chi connectivity index (χ2n) is 4.62. The summed E-state index contributed by atoms with van der Waals surface area (Å²) in [6.07, 6.45) is 1.85. The van der Waals surface area contributed by atoms with Gasteiger partial charge in [0.05, 0.1) is 10.3 Å². The molecule has 0 atom stereocenters. The van der Waals surface area contributed by atoms with Gasteiger partial charge in [0, 0.05) is 24.2 Å². The fourth-order valence-corrected chi connectivity index (χ4v) is 3.26. The minimum absolute atomic E-state index is 0. The maximum atomic E-state index is 4.46. The maximum Gasteiger partial charge on any atom is 0.128 e. The predicted octanol–water partition coefficient (Wildman–Crippen LogP) is 4.05. The molecule has 0 aromatic carbocycles. The molecule has 6 heteroatoms. The Labute approximate surface area is 143 Å². The summed E-state index contributed by atoms with van der Waals surface area (Å²) in [5, 5.41) is 0. The van der Waals surface area contributed by atoms with Crippen LogP contribution in [0.2, 0.25) is 0 Å². The summed E-state index contributed by atoms with van der Waals surface area (Å²) in [6, 6.07) is 10.3. The van der Waals surface area contributed by atoms with Gasteiger partial charge >= 0.3 is 0 Å². The average molecular weight is 421 g/mol. The topological polar surface area (TPSA) is 19.4 Å². The zero-order chi connectivity index (χ0) is 13.7. The molecule has 0 saturated carbocycles. The smallest absolute Gasteiger partial charge is 0.128 e. The van der Waals surface area contributed by atoms with E-state index in [0.29, 0.717) is 0 Å². The lowest BCUT2D eigenvalue weighted by molar-refractivity contribution is 0.412. The van der Waals surface area contributed by atoms with Gasteiger partial charge in [0.15, 0.2) is 0 Å². The molecule has 0 fully saturated rings. The molecule has 20 heavy (non-hydrogen) atoms. The largest absolute Gasteiger partial charge is 0.350 e. The highest BCUT2D eigenvalue weighted by molar-refractivity contribution is 9.11. The van der Waals surface area contributed by atoms with Crippen LogP contribution in [0.1, 0.15) is 4.88 Å². The normalized spacial score (nSPS) is 10.4. The van der Waals surface area contributed by atoms with Crippen LogP contribution >= 0.6 is 44.2 Å². The number of thiophene rings is 1. The van der Waals surface area contributed by atoms with Gasteiger partial charge in [-0.3, -0.25) is 0 Å². The highest BCUT2D eigenvalue weighted by Crippen LogP contribution is 2.24. The first-order valence-electron chi connectivity index (χ1n) is 6.20. The molecule has 2 aromatic heterocycles. The third-order valence-electron chi connectivity index (χ3n) is 2.77. The zero-order valence-electron chi connectivity index (χ0n) is 11.6. The second kappa shape index (κ2) is 8.77. The van der Waals surface area contributed by atoms with E-state index >= 15 is 0 Å². The van der Waals surface area contributed by atoms with Gasteiger partial charge in [-0.1, -0.05) is 6.07 Å². The van der Waals surface area contributed by atoms with Crippen LogP contribution in [0.4, 0.5) is 5.82 Å². The molecule has 110 valence electrons. The standard InChI is InChI=1S/C14H18BrN3S.BrH/c1-17(2)9-10-18(14-5-3-4-8-16-14)11-12-6-7-13(15)19-12;/h3-8H,9-11H2,1-2H3;1H. The third-order valence-corrected chi connectivity index (χ3v) is 4.37. The summed E-state index contributed by atoms with van der Waals surface area (Å²) < 4.78 is 1.18. The number of pyridine rings is 1. The van der Waals surface area contributed by atoms with E-state index in [2.05, 4.69) is 63.0 Å². The first-order chi connectivity index (χ1) is 9.15. The number of likely N-dealkylation sites (N-methyl/N-ethyl adjacent to an activating group) is 1. The van der Waals surface area contributed by atoms with Crippen LogP contribution in [0.5, 0.6) is 0 Å². The molecule has 3 nitrogen and oxygen atoms in total. The van der Waals surface area contributed by atoms with Gasteiger partial charge in [-0.05, 0) is 54.3 Å². The summed E-state index contributed by atoms with van der Waals surface area (Å²) in [5.41, 5.74) is 0. The number of anilines is 1. The highest BCUT2D eigenvalue weighted by atomic mass is 79.9. The molecule has 0 aliphatic heterocycles. The van der Waals surface area contributed by atoms with Gasteiger partial charge in [-0.25, -0.2) is 4.98 Å². The fourth-order valence-electron chi connectivity index (χ4n) is 1.76. The molecule has 0 aliphatic carbocycles. The molecule has 0 unspecified atom stereocenters. The van der Waals surface area contributed by atoms with E-state index in [-0.39, 0.29) is 17.0 Å². The molecule has 0 saturated heterocycles. The molecular formula is C14H19Br2N3S. The summed E-state index contributed by atoms with van der Waals surface area (Å²) in [5.74, 6) is 1.04. The Kier molecular flexibility index (Phi) is 7.72. The van der Waals surface area contributed by atoms with E-state index in [1.165, 1.54) is 8.66 Å². The Hall–Kier alpha value is -0.430. The van der Waals surface area contributed by atoms with E-state index in [1.54, 1.807) is 11.3 Å². The minimum Gasteiger partial charge on any atom is -0.350 e. The Balaban J connectivity index is 0.00000200. The molecule has 0 amide bonds. The van der Waals surface area contributed by atoms with Crippen molar-refractivity contribution in [1.82, 2.24) is 9.88 Å². The van der Waals surface area contributed by atoms with Crippen molar-refractivity contribution in [2.45, 2.75) is 6.54 Å². The van der Waals surface area contributed by atoms with Crippen molar-refractivity contribution in [3.05, 3.63) is 45.2 Å². The number of halogens is 2. The number of aromatic nitrogens is 1. The fraction of sp³-hybridized carbons (Fsp3) is 0.357. The average Bonchev–Trinajstić information content (AvgIpc) is 2.81. The molecule has 0 bridgehead atoms. The predicted molar refractivity (Wildman–Crippen MR) is 96.2 cm³/mol. The van der Waals surface area contributed by atoms with Gasteiger partial charge in [-0.2, -0.15) is 0 Å². The van der Waals surface area contributed by atoms with Crippen LogP contribution in [0.3, 0.4) is 0 Å². The van der Waals surface area contributed by atoms with Gasteiger partial charge in [0.25, 0.3) is 0 Å². The molecule has 0 spiro atoms. The molecule has 0 radical (unpaired) electrons. The summed E-state index contributed by atoms with van der Waals surface area (Å²) in [6.45, 7) is 2.89. The van der Waals surface area contributed by atoms with Gasteiger partial charge in [-0.15, -0.1) is 28.3 Å². The number of rotatable bonds is 6. The van der Waals surface area contributed by atoms with Crippen molar-refractivity contribution >= 4 is 50.1 Å². The van der Waals surface area contributed by atoms with Crippen LogP contribution in [0, 0.1) is 0 Å². The number of hydrogen-bond donors (Lipinski definition) is 0. The molecule has 2 aromatic rings. The van der Waals surface area contributed by atoms with Crippen molar-refractivity contribution in [2.24, 2.45) is 0 Å². The SMILES string of the molecule is Br.CN(C)CCN(Cc1ccc(Br)s1)c1ccccn1. The lowest BCUT2D eigenvalue weighted by Crippen LogP contribution is -2.31. The van der Waals surface area contributed by atoms with Crippen molar-refractivity contribution in [3.8, 4) is 0 Å². The van der Waals surface area contributed by atoms with Crippen LogP contribution in [-0.2, 0) is 6.54 Å². The quantitative estimate of drug-likeness (QED) is 0.702. The van der Waals surface area contributed by atoms with Crippen LogP contribution in [-0.4, -0.2) is 37.1 Å². The van der Waals surface area contributed by atoms with Crippen LogP contribution in [0.15, 0.2) is 40.3 Å². The van der Waals surface area contributed by atoms with E-state index in [1.807, 2.05) is 18.3 Å². The Bertz CT molecular complexity index is 502. The van der Waals surface area contributed by atoms with Gasteiger partial charge < -0.3 is 9.80 Å². The van der Waals surface area contributed by atoms with Crippen molar-refractivity contribution < 1.29 is 0 Å². The van der Waals surface area contributed by atoms with Crippen LogP contribution < -0.4 is 4.90 Å². The summed E-state index contributed by atoms with van der Waals surface area (Å²) >= 11 is 5.30. The molecule has 2 heterocycles. The Morgan fingerprint density at radius 2 is 1.95 bits per heavy atom. The Morgan fingerprint density at radius 3 is 2.50 bits per heavy atom. The lowest BCUT2D eigenvalue weighted by Gasteiger charge is -2.24. The van der Waals surface area contributed by atoms with E-state index in [0.717, 1.165) is 25.5 Å². The lowest BCUT2D eigenvalue weighted by atomic mass is 10.3. The first kappa shape index (κ1) is 17.6. The van der Waals surface area contributed by atoms with E-state index < -0.39 is 0 Å². The number of hydrogen-bond acceptors (Lipinski definition) is 4. The van der Waals surface area contributed by atoms with Crippen molar-refractivity contribution in [3.63, 3.8) is 0 Å². The highest BCUT2D eigenvalue weighted by Gasteiger charge is 2.10. The molecular weight excluding hydrogens is 402 g/mol. The monoisotopic (exact) mass is 419 g/mol. The Morgan fingerprint density at radius 1 is 1.15 bits per heavy atom. The van der Waals surface area contributed by atoms with E-state index in [9.17, 15) is 0 Å². The zero-order valence-corrected chi connectivity index (χ0v) is 15.7. The van der Waals surface area contributed by atoms with Crippen molar-refractivity contribution in [1.29, 1.82) is 0 Å². The third kappa shape index (κ3) is 5.52. The maximum absolute atomic E-state index is 4.46. The van der Waals surface area contributed by atoms with Gasteiger partial charge in [0.2, 0.25) is 0 Å². The molecule has 2 rings (SSSR count). The summed E-state index contributed by atoms with van der Waals surface area (Å²) in [7, 11) is 4.19. The first-order valence-corrected chi connectivity index (χ1v) is 7.81. The summed E-state index contributed by atoms with van der Waals surface area (Å²) in [4.78, 5) is 10.3. The van der Waals surface area contributed by atoms with E-state index in [4.69, 9.17) is 0 Å². The second-order valence-corrected chi connectivity index (χ2v) is 7.17. The minimum atomic E-state index is 0. The molecule has 0 N–H and O–H groups in total. The van der Waals surface area contributed by atoms with Gasteiger partial charge in [0.1, 0.15) is 5.82 Å². The van der Waals surface area contributed by atoms with Crippen LogP contribution in [0.25, 0.3) is 0 Å². The molecule has 0 aliphatic rings.